The van der Waals surface area contributed by atoms with Crippen LogP contribution >= 0.6 is 0 Å². The maximum atomic E-state index is 12.4. The molecule has 1 saturated carbocycles. The van der Waals surface area contributed by atoms with Crippen molar-refractivity contribution >= 4 is 11.7 Å². The normalized spacial score (nSPS) is 17.2. The number of carbonyl (C=O) groups is 1. The van der Waals surface area contributed by atoms with Crippen LogP contribution in [0.25, 0.3) is 0 Å². The summed E-state index contributed by atoms with van der Waals surface area (Å²) in [7, 11) is 3.68. The van der Waals surface area contributed by atoms with Gasteiger partial charge in [-0.2, -0.15) is 0 Å². The predicted octanol–water partition coefficient (Wildman–Crippen LogP) is 2.45. The van der Waals surface area contributed by atoms with Crippen LogP contribution < -0.4 is 5.32 Å². The lowest BCUT2D eigenvalue weighted by atomic mass is 9.84. The minimum Gasteiger partial charge on any atom is -0.369 e. The average Bonchev–Trinajstić information content (AvgIpc) is 2.85. The van der Waals surface area contributed by atoms with Crippen molar-refractivity contribution in [3.8, 4) is 0 Å². The molecule has 0 aliphatic heterocycles. The third-order valence-electron chi connectivity index (χ3n) is 3.92. The molecule has 0 atom stereocenters. The Morgan fingerprint density at radius 1 is 1.37 bits per heavy atom. The Morgan fingerprint density at radius 3 is 2.63 bits per heavy atom. The Labute approximate surface area is 115 Å². The number of rotatable bonds is 4. The van der Waals surface area contributed by atoms with E-state index in [1.807, 2.05) is 39.2 Å². The summed E-state index contributed by atoms with van der Waals surface area (Å²) in [5.41, 5.74) is 0.749. The van der Waals surface area contributed by atoms with E-state index < -0.39 is 0 Å². The molecular weight excluding hydrogens is 238 g/mol. The van der Waals surface area contributed by atoms with Gasteiger partial charge >= 0.3 is 0 Å². The number of amides is 1. The van der Waals surface area contributed by atoms with E-state index in [2.05, 4.69) is 10.3 Å². The molecule has 104 valence electrons. The van der Waals surface area contributed by atoms with Crippen molar-refractivity contribution in [2.45, 2.75) is 32.6 Å². The van der Waals surface area contributed by atoms with Crippen molar-refractivity contribution in [2.24, 2.45) is 5.41 Å². The SMILES string of the molecule is Cc1cccc(NCC2(C(=O)N(C)C)CCCC2)n1. The highest BCUT2D eigenvalue weighted by Gasteiger charge is 2.41. The number of nitrogens with one attached hydrogen (secondary N) is 1. The third kappa shape index (κ3) is 3.06. The maximum absolute atomic E-state index is 12.4. The molecule has 4 nitrogen and oxygen atoms in total. The van der Waals surface area contributed by atoms with E-state index in [0.29, 0.717) is 6.54 Å². The number of hydrogen-bond acceptors (Lipinski definition) is 3. The summed E-state index contributed by atoms with van der Waals surface area (Å²) in [6.45, 7) is 2.65. The molecule has 0 radical (unpaired) electrons. The van der Waals surface area contributed by atoms with Crippen LogP contribution in [0.5, 0.6) is 0 Å². The second-order valence-corrected chi connectivity index (χ2v) is 5.70. The molecule has 1 amide bonds. The molecule has 1 heterocycles. The van der Waals surface area contributed by atoms with Crippen LogP contribution in [0.2, 0.25) is 0 Å². The van der Waals surface area contributed by atoms with Gasteiger partial charge in [-0.05, 0) is 31.9 Å². The van der Waals surface area contributed by atoms with E-state index in [1.54, 1.807) is 4.90 Å². The number of anilines is 1. The first-order valence-electron chi connectivity index (χ1n) is 6.93. The second-order valence-electron chi connectivity index (χ2n) is 5.70. The van der Waals surface area contributed by atoms with Gasteiger partial charge in [0.15, 0.2) is 0 Å². The van der Waals surface area contributed by atoms with Gasteiger partial charge in [-0.3, -0.25) is 4.79 Å². The zero-order chi connectivity index (χ0) is 13.9. The smallest absolute Gasteiger partial charge is 0.230 e. The van der Waals surface area contributed by atoms with Gasteiger partial charge in [0, 0.05) is 26.3 Å². The highest BCUT2D eigenvalue weighted by Crippen LogP contribution is 2.39. The molecule has 1 aliphatic rings. The Bertz CT molecular complexity index is 450. The van der Waals surface area contributed by atoms with Crippen molar-refractivity contribution < 1.29 is 4.79 Å². The van der Waals surface area contributed by atoms with Gasteiger partial charge in [-0.1, -0.05) is 18.9 Å². The molecule has 0 unspecified atom stereocenters. The molecule has 1 N–H and O–H groups in total. The first kappa shape index (κ1) is 13.8. The van der Waals surface area contributed by atoms with Gasteiger partial charge in [-0.25, -0.2) is 4.98 Å². The molecule has 1 aliphatic carbocycles. The molecule has 0 saturated heterocycles. The van der Waals surface area contributed by atoms with E-state index >= 15 is 0 Å². The van der Waals surface area contributed by atoms with Gasteiger partial charge in [0.2, 0.25) is 5.91 Å². The summed E-state index contributed by atoms with van der Waals surface area (Å²) in [4.78, 5) is 18.6. The molecule has 4 heteroatoms. The molecular formula is C15H23N3O. The molecule has 2 rings (SSSR count). The van der Waals surface area contributed by atoms with E-state index in [9.17, 15) is 4.79 Å². The standard InChI is InChI=1S/C15H23N3O/c1-12-7-6-8-13(17-12)16-11-15(9-4-5-10-15)14(19)18(2)3/h6-8H,4-5,9-11H2,1-3H3,(H,16,17). The van der Waals surface area contributed by atoms with Crippen LogP contribution in [0.3, 0.4) is 0 Å². The average molecular weight is 261 g/mol. The molecule has 0 spiro atoms. The molecule has 0 aromatic carbocycles. The summed E-state index contributed by atoms with van der Waals surface area (Å²) in [5.74, 6) is 1.10. The molecule has 1 fully saturated rings. The Hall–Kier alpha value is -1.58. The fraction of sp³-hybridized carbons (Fsp3) is 0.600. The first-order valence-corrected chi connectivity index (χ1v) is 6.93. The largest absolute Gasteiger partial charge is 0.369 e. The molecule has 1 aromatic heterocycles. The van der Waals surface area contributed by atoms with Crippen molar-refractivity contribution in [3.05, 3.63) is 23.9 Å². The number of pyridine rings is 1. The Kier molecular flexibility index (Phi) is 4.08. The van der Waals surface area contributed by atoms with E-state index in [-0.39, 0.29) is 11.3 Å². The zero-order valence-corrected chi connectivity index (χ0v) is 12.1. The van der Waals surface area contributed by atoms with Crippen molar-refractivity contribution in [2.75, 3.05) is 26.0 Å². The van der Waals surface area contributed by atoms with Crippen LogP contribution in [0, 0.1) is 12.3 Å². The van der Waals surface area contributed by atoms with E-state index in [4.69, 9.17) is 0 Å². The fourth-order valence-electron chi connectivity index (χ4n) is 2.89. The van der Waals surface area contributed by atoms with Crippen molar-refractivity contribution in [1.82, 2.24) is 9.88 Å². The number of aromatic nitrogens is 1. The maximum Gasteiger partial charge on any atom is 0.230 e. The quantitative estimate of drug-likeness (QED) is 0.905. The Balaban J connectivity index is 2.08. The number of hydrogen-bond donors (Lipinski definition) is 1. The van der Waals surface area contributed by atoms with Crippen LogP contribution in [-0.4, -0.2) is 36.4 Å². The first-order chi connectivity index (χ1) is 9.03. The summed E-state index contributed by atoms with van der Waals surface area (Å²) >= 11 is 0. The van der Waals surface area contributed by atoms with Crippen molar-refractivity contribution in [3.63, 3.8) is 0 Å². The lowest BCUT2D eigenvalue weighted by Crippen LogP contribution is -2.43. The zero-order valence-electron chi connectivity index (χ0n) is 12.1. The predicted molar refractivity (Wildman–Crippen MR) is 77.1 cm³/mol. The molecule has 0 bridgehead atoms. The van der Waals surface area contributed by atoms with Gasteiger partial charge in [0.25, 0.3) is 0 Å². The second kappa shape index (κ2) is 5.59. The molecule has 1 aromatic rings. The molecule has 19 heavy (non-hydrogen) atoms. The highest BCUT2D eigenvalue weighted by molar-refractivity contribution is 5.83. The lowest BCUT2D eigenvalue weighted by Gasteiger charge is -2.31. The lowest BCUT2D eigenvalue weighted by molar-refractivity contribution is -0.138. The van der Waals surface area contributed by atoms with Crippen LogP contribution in [0.1, 0.15) is 31.4 Å². The fourth-order valence-corrected chi connectivity index (χ4v) is 2.89. The van der Waals surface area contributed by atoms with Gasteiger partial charge < -0.3 is 10.2 Å². The number of nitrogens with zero attached hydrogens (tertiary/aromatic N) is 2. The highest BCUT2D eigenvalue weighted by atomic mass is 16.2. The van der Waals surface area contributed by atoms with Crippen LogP contribution in [0.15, 0.2) is 18.2 Å². The van der Waals surface area contributed by atoms with Gasteiger partial charge in [0.1, 0.15) is 5.82 Å². The van der Waals surface area contributed by atoms with Crippen LogP contribution in [0.4, 0.5) is 5.82 Å². The summed E-state index contributed by atoms with van der Waals surface area (Å²) < 4.78 is 0. The number of aryl methyl sites for hydroxylation is 1. The van der Waals surface area contributed by atoms with E-state index in [1.165, 1.54) is 0 Å². The number of carbonyl (C=O) groups excluding carboxylic acids is 1. The topological polar surface area (TPSA) is 45.2 Å². The summed E-state index contributed by atoms with van der Waals surface area (Å²) in [6.07, 6.45) is 4.23. The summed E-state index contributed by atoms with van der Waals surface area (Å²) in [5, 5.41) is 3.35. The van der Waals surface area contributed by atoms with Crippen LogP contribution in [-0.2, 0) is 4.79 Å². The van der Waals surface area contributed by atoms with Gasteiger partial charge in [0.05, 0.1) is 5.41 Å². The summed E-state index contributed by atoms with van der Waals surface area (Å²) in [6, 6.07) is 5.91. The minimum atomic E-state index is -0.241. The Morgan fingerprint density at radius 2 is 2.05 bits per heavy atom. The monoisotopic (exact) mass is 261 g/mol. The van der Waals surface area contributed by atoms with E-state index in [0.717, 1.165) is 37.2 Å². The minimum absolute atomic E-state index is 0.241. The van der Waals surface area contributed by atoms with Gasteiger partial charge in [-0.15, -0.1) is 0 Å². The third-order valence-corrected chi connectivity index (χ3v) is 3.92. The van der Waals surface area contributed by atoms with Crippen molar-refractivity contribution in [1.29, 1.82) is 0 Å².